The second-order valence-corrected chi connectivity index (χ2v) is 4.00. The number of benzene rings is 1. The Balaban J connectivity index is 2.77. The van der Waals surface area contributed by atoms with Gasteiger partial charge < -0.3 is 20.1 Å². The Morgan fingerprint density at radius 2 is 1.90 bits per heavy atom. The summed E-state index contributed by atoms with van der Waals surface area (Å²) in [5, 5.41) is 7.47. The van der Waals surface area contributed by atoms with Crippen LogP contribution in [-0.4, -0.2) is 39.2 Å². The van der Waals surface area contributed by atoms with Crippen LogP contribution in [0, 0.1) is 0 Å². The monoisotopic (exact) mass is 281 g/mol. The van der Waals surface area contributed by atoms with Gasteiger partial charge in [-0.1, -0.05) is 0 Å². The molecule has 7 heteroatoms. The number of anilines is 1. The van der Waals surface area contributed by atoms with E-state index in [0.717, 1.165) is 0 Å². The van der Waals surface area contributed by atoms with Crippen LogP contribution in [0.1, 0.15) is 6.92 Å². The molecule has 0 aliphatic carbocycles. The number of rotatable bonds is 5. The molecule has 0 radical (unpaired) electrons. The van der Waals surface area contributed by atoms with Crippen LogP contribution in [0.4, 0.5) is 10.5 Å². The molecule has 3 amide bonds. The number of ether oxygens (including phenoxy) is 2. The molecule has 1 aromatic carbocycles. The lowest BCUT2D eigenvalue weighted by atomic mass is 10.2. The highest BCUT2D eigenvalue weighted by atomic mass is 16.5. The van der Waals surface area contributed by atoms with Crippen molar-refractivity contribution in [1.29, 1.82) is 0 Å². The van der Waals surface area contributed by atoms with E-state index in [0.29, 0.717) is 17.2 Å². The summed E-state index contributed by atoms with van der Waals surface area (Å²) < 4.78 is 10.3. The minimum Gasteiger partial charge on any atom is -0.497 e. The van der Waals surface area contributed by atoms with Gasteiger partial charge in [-0.05, 0) is 19.1 Å². The van der Waals surface area contributed by atoms with E-state index in [9.17, 15) is 9.59 Å². The molecule has 0 aliphatic heterocycles. The average molecular weight is 281 g/mol. The maximum absolute atomic E-state index is 11.7. The highest BCUT2D eigenvalue weighted by molar-refractivity contribution is 5.98. The SMILES string of the molecule is CNC(=O)NC(=O)C(C)Nc1ccc(OC)cc1OC. The van der Waals surface area contributed by atoms with Gasteiger partial charge in [0.05, 0.1) is 19.9 Å². The standard InChI is InChI=1S/C13H19N3O4/c1-8(12(17)16-13(18)14-2)15-10-6-5-9(19-3)7-11(10)20-4/h5-8,15H,1-4H3,(H2,14,16,17,18). The van der Waals surface area contributed by atoms with Gasteiger partial charge in [0, 0.05) is 13.1 Å². The molecule has 1 unspecified atom stereocenters. The van der Waals surface area contributed by atoms with Crippen molar-refractivity contribution in [3.63, 3.8) is 0 Å². The molecular weight excluding hydrogens is 262 g/mol. The topological polar surface area (TPSA) is 88.7 Å². The van der Waals surface area contributed by atoms with E-state index in [-0.39, 0.29) is 0 Å². The van der Waals surface area contributed by atoms with E-state index < -0.39 is 18.0 Å². The van der Waals surface area contributed by atoms with Crippen molar-refractivity contribution in [2.45, 2.75) is 13.0 Å². The third-order valence-electron chi connectivity index (χ3n) is 2.64. The third kappa shape index (κ3) is 4.04. The number of hydrogen-bond acceptors (Lipinski definition) is 5. The van der Waals surface area contributed by atoms with Crippen LogP contribution in [0.3, 0.4) is 0 Å². The number of nitrogens with one attached hydrogen (secondary N) is 3. The zero-order valence-corrected chi connectivity index (χ0v) is 11.9. The maximum atomic E-state index is 11.7. The zero-order chi connectivity index (χ0) is 15.1. The van der Waals surface area contributed by atoms with Crippen molar-refractivity contribution in [3.05, 3.63) is 18.2 Å². The molecule has 0 saturated heterocycles. The van der Waals surface area contributed by atoms with Crippen molar-refractivity contribution in [2.75, 3.05) is 26.6 Å². The van der Waals surface area contributed by atoms with Gasteiger partial charge in [0.2, 0.25) is 5.91 Å². The number of imide groups is 1. The zero-order valence-electron chi connectivity index (χ0n) is 11.9. The molecule has 3 N–H and O–H groups in total. The van der Waals surface area contributed by atoms with Gasteiger partial charge in [-0.25, -0.2) is 4.79 Å². The van der Waals surface area contributed by atoms with Crippen LogP contribution < -0.4 is 25.4 Å². The molecule has 0 aromatic heterocycles. The molecule has 0 heterocycles. The minimum atomic E-state index is -0.602. The summed E-state index contributed by atoms with van der Waals surface area (Å²) in [7, 11) is 4.52. The first-order valence-electron chi connectivity index (χ1n) is 6.03. The van der Waals surface area contributed by atoms with Gasteiger partial charge in [-0.2, -0.15) is 0 Å². The van der Waals surface area contributed by atoms with Crippen LogP contribution in [0.25, 0.3) is 0 Å². The summed E-state index contributed by atoms with van der Waals surface area (Å²) in [6, 6.07) is 4.03. The molecule has 0 bridgehead atoms. The summed E-state index contributed by atoms with van der Waals surface area (Å²) >= 11 is 0. The predicted molar refractivity (Wildman–Crippen MR) is 75.2 cm³/mol. The van der Waals surface area contributed by atoms with Crippen molar-refractivity contribution >= 4 is 17.6 Å². The number of carbonyl (C=O) groups is 2. The molecule has 0 fully saturated rings. The fraction of sp³-hybridized carbons (Fsp3) is 0.385. The Morgan fingerprint density at radius 1 is 1.20 bits per heavy atom. The first-order valence-corrected chi connectivity index (χ1v) is 6.03. The smallest absolute Gasteiger partial charge is 0.321 e. The fourth-order valence-corrected chi connectivity index (χ4v) is 1.50. The van der Waals surface area contributed by atoms with Gasteiger partial charge in [0.25, 0.3) is 0 Å². The van der Waals surface area contributed by atoms with Crippen LogP contribution in [-0.2, 0) is 4.79 Å². The van der Waals surface area contributed by atoms with Crippen molar-refractivity contribution in [1.82, 2.24) is 10.6 Å². The second-order valence-electron chi connectivity index (χ2n) is 4.00. The van der Waals surface area contributed by atoms with Crippen LogP contribution in [0.15, 0.2) is 18.2 Å². The number of hydrogen-bond donors (Lipinski definition) is 3. The van der Waals surface area contributed by atoms with Crippen LogP contribution in [0.2, 0.25) is 0 Å². The largest absolute Gasteiger partial charge is 0.497 e. The summed E-state index contributed by atoms with van der Waals surface area (Å²) in [4.78, 5) is 22.8. The molecule has 110 valence electrons. The highest BCUT2D eigenvalue weighted by Crippen LogP contribution is 2.29. The quantitative estimate of drug-likeness (QED) is 0.748. The molecule has 20 heavy (non-hydrogen) atoms. The number of methoxy groups -OCH3 is 2. The number of urea groups is 1. The molecule has 0 spiro atoms. The van der Waals surface area contributed by atoms with Crippen LogP contribution >= 0.6 is 0 Å². The van der Waals surface area contributed by atoms with E-state index >= 15 is 0 Å². The van der Waals surface area contributed by atoms with Gasteiger partial charge in [-0.15, -0.1) is 0 Å². The molecule has 0 saturated carbocycles. The Bertz CT molecular complexity index is 491. The average Bonchev–Trinajstić information content (AvgIpc) is 2.47. The number of amides is 3. The van der Waals surface area contributed by atoms with Gasteiger partial charge >= 0.3 is 6.03 Å². The second kappa shape index (κ2) is 7.22. The first kappa shape index (κ1) is 15.6. The molecular formula is C13H19N3O4. The van der Waals surface area contributed by atoms with E-state index in [1.807, 2.05) is 0 Å². The van der Waals surface area contributed by atoms with Gasteiger partial charge in [0.1, 0.15) is 17.5 Å². The van der Waals surface area contributed by atoms with Crippen LogP contribution in [0.5, 0.6) is 11.5 Å². The van der Waals surface area contributed by atoms with E-state index in [1.54, 1.807) is 32.2 Å². The minimum absolute atomic E-state index is 0.442. The molecule has 7 nitrogen and oxygen atoms in total. The van der Waals surface area contributed by atoms with Gasteiger partial charge in [-0.3, -0.25) is 10.1 Å². The lowest BCUT2D eigenvalue weighted by Crippen LogP contribution is -2.44. The predicted octanol–water partition coefficient (Wildman–Crippen LogP) is 0.960. The summed E-state index contributed by atoms with van der Waals surface area (Å²) in [5.74, 6) is 0.751. The van der Waals surface area contributed by atoms with E-state index in [4.69, 9.17) is 9.47 Å². The summed E-state index contributed by atoms with van der Waals surface area (Å²) in [5.41, 5.74) is 0.632. The lowest BCUT2D eigenvalue weighted by Gasteiger charge is -2.17. The van der Waals surface area contributed by atoms with E-state index in [2.05, 4.69) is 16.0 Å². The van der Waals surface area contributed by atoms with Crippen molar-refractivity contribution in [3.8, 4) is 11.5 Å². The van der Waals surface area contributed by atoms with Crippen molar-refractivity contribution < 1.29 is 19.1 Å². The third-order valence-corrected chi connectivity index (χ3v) is 2.64. The summed E-state index contributed by atoms with van der Waals surface area (Å²) in [6.07, 6.45) is 0. The maximum Gasteiger partial charge on any atom is 0.321 e. The highest BCUT2D eigenvalue weighted by Gasteiger charge is 2.16. The Labute approximate surface area is 117 Å². The molecule has 0 aliphatic rings. The molecule has 1 rings (SSSR count). The Kier molecular flexibility index (Phi) is 5.64. The summed E-state index contributed by atoms with van der Waals surface area (Å²) in [6.45, 7) is 1.64. The lowest BCUT2D eigenvalue weighted by molar-refractivity contribution is -0.120. The van der Waals surface area contributed by atoms with Gasteiger partial charge in [0.15, 0.2) is 0 Å². The van der Waals surface area contributed by atoms with Crippen molar-refractivity contribution in [2.24, 2.45) is 0 Å². The molecule has 1 atom stereocenters. The molecule has 1 aromatic rings. The fourth-order valence-electron chi connectivity index (χ4n) is 1.50. The normalized spacial score (nSPS) is 11.2. The number of carbonyl (C=O) groups excluding carboxylic acids is 2. The Hall–Kier alpha value is -2.44. The Morgan fingerprint density at radius 3 is 2.45 bits per heavy atom. The van der Waals surface area contributed by atoms with E-state index in [1.165, 1.54) is 14.2 Å². The first-order chi connectivity index (χ1) is 9.51.